The molecule has 2 aliphatic heterocycles. The van der Waals surface area contributed by atoms with Crippen molar-refractivity contribution in [3.8, 4) is 0 Å². The fraction of sp³-hybridized carbons (Fsp3) is 0.533. The zero-order valence-electron chi connectivity index (χ0n) is 12.8. The summed E-state index contributed by atoms with van der Waals surface area (Å²) < 4.78 is 28.0. The largest absolute Gasteiger partial charge is 0.326 e. The molecular weight excluding hydrogens is 302 g/mol. The number of hydrogen-bond donors (Lipinski definition) is 2. The number of nitrogens with zero attached hydrogens (tertiary/aromatic N) is 1. The van der Waals surface area contributed by atoms with Crippen LogP contribution in [-0.4, -0.2) is 45.4 Å². The van der Waals surface area contributed by atoms with E-state index in [0.717, 1.165) is 18.7 Å². The van der Waals surface area contributed by atoms with Crippen molar-refractivity contribution in [3.63, 3.8) is 0 Å². The van der Waals surface area contributed by atoms with Gasteiger partial charge < -0.3 is 10.2 Å². The maximum absolute atomic E-state index is 12.6. The molecule has 2 N–H and O–H groups in total. The van der Waals surface area contributed by atoms with E-state index in [1.54, 1.807) is 18.2 Å². The molecule has 0 aromatic heterocycles. The number of fused-ring (bicyclic) bond motifs is 1. The fourth-order valence-electron chi connectivity index (χ4n) is 3.16. The molecule has 0 radical (unpaired) electrons. The van der Waals surface area contributed by atoms with E-state index in [9.17, 15) is 13.2 Å². The fourth-order valence-corrected chi connectivity index (χ4v) is 4.54. The molecule has 0 aliphatic carbocycles. The standard InChI is InChI=1S/C15H21N3O3S/c1-10-8-18(2)9-14(10)17-22(20,21)12-4-5-13-11(7-12)3-6-15(19)16-13/h4-5,7,10,14,17H,3,6,8-9H2,1-2H3,(H,16,19)/t10-,14+/m0/s1. The van der Waals surface area contributed by atoms with E-state index in [1.165, 1.54) is 0 Å². The molecule has 22 heavy (non-hydrogen) atoms. The van der Waals surface area contributed by atoms with E-state index >= 15 is 0 Å². The van der Waals surface area contributed by atoms with Gasteiger partial charge in [0.15, 0.2) is 0 Å². The molecule has 0 unspecified atom stereocenters. The van der Waals surface area contributed by atoms with Crippen molar-refractivity contribution < 1.29 is 13.2 Å². The molecule has 7 heteroatoms. The van der Waals surface area contributed by atoms with Gasteiger partial charge in [0.25, 0.3) is 0 Å². The third-order valence-electron chi connectivity index (χ3n) is 4.38. The summed E-state index contributed by atoms with van der Waals surface area (Å²) >= 11 is 0. The van der Waals surface area contributed by atoms with Crippen LogP contribution in [0.5, 0.6) is 0 Å². The molecule has 1 amide bonds. The summed E-state index contributed by atoms with van der Waals surface area (Å²) in [4.78, 5) is 13.8. The highest BCUT2D eigenvalue weighted by molar-refractivity contribution is 7.89. The van der Waals surface area contributed by atoms with Crippen LogP contribution in [-0.2, 0) is 21.2 Å². The average molecular weight is 323 g/mol. The lowest BCUT2D eigenvalue weighted by Crippen LogP contribution is -2.39. The van der Waals surface area contributed by atoms with E-state index in [2.05, 4.69) is 21.9 Å². The molecule has 0 bridgehead atoms. The van der Waals surface area contributed by atoms with Crippen LogP contribution >= 0.6 is 0 Å². The molecule has 1 aromatic carbocycles. The Bertz CT molecular complexity index is 702. The number of hydrogen-bond acceptors (Lipinski definition) is 4. The normalized spacial score (nSPS) is 25.8. The lowest BCUT2D eigenvalue weighted by Gasteiger charge is -2.20. The number of carbonyl (C=O) groups excluding carboxylic acids is 1. The first kappa shape index (κ1) is 15.5. The van der Waals surface area contributed by atoms with Crippen molar-refractivity contribution in [2.75, 3.05) is 25.5 Å². The molecule has 0 spiro atoms. The summed E-state index contributed by atoms with van der Waals surface area (Å²) in [6.45, 7) is 3.67. The number of nitrogens with one attached hydrogen (secondary N) is 2. The molecule has 2 atom stereocenters. The minimum atomic E-state index is -3.54. The number of likely N-dealkylation sites (N-methyl/N-ethyl adjacent to an activating group) is 1. The SMILES string of the molecule is C[C@H]1CN(C)C[C@H]1NS(=O)(=O)c1ccc2c(c1)CCC(=O)N2. The quantitative estimate of drug-likeness (QED) is 0.862. The van der Waals surface area contributed by atoms with Crippen molar-refractivity contribution in [2.24, 2.45) is 5.92 Å². The van der Waals surface area contributed by atoms with Crippen molar-refractivity contribution >= 4 is 21.6 Å². The van der Waals surface area contributed by atoms with Gasteiger partial charge in [-0.25, -0.2) is 13.1 Å². The Morgan fingerprint density at radius 2 is 2.05 bits per heavy atom. The molecule has 1 saturated heterocycles. The number of aryl methyl sites for hydroxylation is 1. The zero-order chi connectivity index (χ0) is 15.9. The predicted octanol–water partition coefficient (Wildman–Crippen LogP) is 0.800. The summed E-state index contributed by atoms with van der Waals surface area (Å²) in [5.74, 6) is 0.265. The van der Waals surface area contributed by atoms with Crippen molar-refractivity contribution in [3.05, 3.63) is 23.8 Å². The van der Waals surface area contributed by atoms with Crippen LogP contribution in [0, 0.1) is 5.92 Å². The summed E-state index contributed by atoms with van der Waals surface area (Å²) in [7, 11) is -1.54. The lowest BCUT2D eigenvalue weighted by molar-refractivity contribution is -0.116. The van der Waals surface area contributed by atoms with Gasteiger partial charge in [0.1, 0.15) is 0 Å². The highest BCUT2D eigenvalue weighted by Gasteiger charge is 2.31. The first-order valence-corrected chi connectivity index (χ1v) is 8.97. The van der Waals surface area contributed by atoms with Crippen molar-refractivity contribution in [2.45, 2.75) is 30.7 Å². The third kappa shape index (κ3) is 3.02. The van der Waals surface area contributed by atoms with Crippen LogP contribution in [0.25, 0.3) is 0 Å². The Hall–Kier alpha value is -1.44. The minimum Gasteiger partial charge on any atom is -0.326 e. The van der Waals surface area contributed by atoms with E-state index < -0.39 is 10.0 Å². The van der Waals surface area contributed by atoms with Crippen LogP contribution < -0.4 is 10.0 Å². The Kier molecular flexibility index (Phi) is 3.96. The Balaban J connectivity index is 1.82. The highest BCUT2D eigenvalue weighted by atomic mass is 32.2. The van der Waals surface area contributed by atoms with Crippen molar-refractivity contribution in [1.82, 2.24) is 9.62 Å². The molecule has 2 aliphatic rings. The summed E-state index contributed by atoms with van der Waals surface area (Å²) in [6.07, 6.45) is 0.974. The van der Waals surface area contributed by atoms with Crippen molar-refractivity contribution in [1.29, 1.82) is 0 Å². The van der Waals surface area contributed by atoms with Gasteiger partial charge in [0.05, 0.1) is 4.90 Å². The maximum Gasteiger partial charge on any atom is 0.240 e. The first-order valence-electron chi connectivity index (χ1n) is 7.49. The van der Waals surface area contributed by atoms with E-state index in [1.807, 2.05) is 7.05 Å². The molecule has 6 nitrogen and oxygen atoms in total. The van der Waals surface area contributed by atoms with Gasteiger partial charge in [0.2, 0.25) is 15.9 Å². The van der Waals surface area contributed by atoms with Crippen LogP contribution in [0.1, 0.15) is 18.9 Å². The molecule has 120 valence electrons. The average Bonchev–Trinajstić information content (AvgIpc) is 2.75. The van der Waals surface area contributed by atoms with Gasteiger partial charge in [-0.05, 0) is 43.1 Å². The van der Waals surface area contributed by atoms with Gasteiger partial charge in [-0.2, -0.15) is 0 Å². The molecule has 1 aromatic rings. The van der Waals surface area contributed by atoms with Crippen LogP contribution in [0.2, 0.25) is 0 Å². The van der Waals surface area contributed by atoms with Gasteiger partial charge in [-0.3, -0.25) is 4.79 Å². The predicted molar refractivity (Wildman–Crippen MR) is 84.2 cm³/mol. The number of carbonyl (C=O) groups is 1. The molecule has 0 saturated carbocycles. The van der Waals surface area contributed by atoms with E-state index in [0.29, 0.717) is 18.5 Å². The second-order valence-electron chi connectivity index (χ2n) is 6.29. The van der Waals surface area contributed by atoms with Crippen LogP contribution in [0.3, 0.4) is 0 Å². The van der Waals surface area contributed by atoms with Gasteiger partial charge >= 0.3 is 0 Å². The van der Waals surface area contributed by atoms with Gasteiger partial charge in [0, 0.05) is 31.2 Å². The van der Waals surface area contributed by atoms with Gasteiger partial charge in [-0.1, -0.05) is 6.92 Å². The number of amides is 1. The summed E-state index contributed by atoms with van der Waals surface area (Å²) in [5.41, 5.74) is 1.59. The maximum atomic E-state index is 12.6. The van der Waals surface area contributed by atoms with Crippen LogP contribution in [0.4, 0.5) is 5.69 Å². The number of rotatable bonds is 3. The first-order chi connectivity index (χ1) is 10.3. The smallest absolute Gasteiger partial charge is 0.240 e. The second-order valence-corrected chi connectivity index (χ2v) is 8.01. The second kappa shape index (κ2) is 5.64. The van der Waals surface area contributed by atoms with E-state index in [-0.39, 0.29) is 22.8 Å². The molecule has 1 fully saturated rings. The zero-order valence-corrected chi connectivity index (χ0v) is 13.6. The lowest BCUT2D eigenvalue weighted by atomic mass is 10.0. The summed E-state index contributed by atoms with van der Waals surface area (Å²) in [5, 5.41) is 2.76. The summed E-state index contributed by atoms with van der Waals surface area (Å²) in [6, 6.07) is 4.83. The van der Waals surface area contributed by atoms with Crippen LogP contribution in [0.15, 0.2) is 23.1 Å². The van der Waals surface area contributed by atoms with E-state index in [4.69, 9.17) is 0 Å². The van der Waals surface area contributed by atoms with Gasteiger partial charge in [-0.15, -0.1) is 0 Å². The topological polar surface area (TPSA) is 78.5 Å². The molecular formula is C15H21N3O3S. The minimum absolute atomic E-state index is 0.0240. The number of sulfonamides is 1. The third-order valence-corrected chi connectivity index (χ3v) is 5.87. The number of anilines is 1. The number of benzene rings is 1. The number of likely N-dealkylation sites (tertiary alicyclic amines) is 1. The Labute approximate surface area is 130 Å². The Morgan fingerprint density at radius 1 is 1.27 bits per heavy atom. The monoisotopic (exact) mass is 323 g/mol. The highest BCUT2D eigenvalue weighted by Crippen LogP contribution is 2.26. The molecule has 3 rings (SSSR count). The Morgan fingerprint density at radius 3 is 2.73 bits per heavy atom. The molecule has 2 heterocycles.